The van der Waals surface area contributed by atoms with Crippen LogP contribution in [-0.4, -0.2) is 38.9 Å². The zero-order valence-electron chi connectivity index (χ0n) is 18.5. The zero-order chi connectivity index (χ0) is 23.0. The summed E-state index contributed by atoms with van der Waals surface area (Å²) in [5.41, 5.74) is 1.49. The summed E-state index contributed by atoms with van der Waals surface area (Å²) in [5.74, 6) is 2.29. The minimum absolute atomic E-state index is 0.116. The summed E-state index contributed by atoms with van der Waals surface area (Å²) in [6.45, 7) is 0. The summed E-state index contributed by atoms with van der Waals surface area (Å²) in [7, 11) is 7.90. The summed E-state index contributed by atoms with van der Waals surface area (Å²) in [6.07, 6.45) is 0.192. The second kappa shape index (κ2) is 8.58. The van der Waals surface area contributed by atoms with Crippen molar-refractivity contribution >= 4 is 28.7 Å². The second-order valence-corrected chi connectivity index (χ2v) is 8.25. The van der Waals surface area contributed by atoms with Gasteiger partial charge in [-0.1, -0.05) is 11.3 Å². The molecular weight excluding hydrogens is 432 g/mol. The predicted octanol–water partition coefficient (Wildman–Crippen LogP) is 3.68. The molecule has 0 saturated carbocycles. The second-order valence-electron chi connectivity index (χ2n) is 7.26. The Labute approximate surface area is 189 Å². The molecule has 1 aromatic heterocycles. The summed E-state index contributed by atoms with van der Waals surface area (Å²) in [4.78, 5) is 28.3. The Morgan fingerprint density at radius 3 is 2.06 bits per heavy atom. The van der Waals surface area contributed by atoms with Gasteiger partial charge in [0.25, 0.3) is 0 Å². The van der Waals surface area contributed by atoms with Gasteiger partial charge < -0.3 is 18.9 Å². The molecule has 1 aliphatic rings. The Kier molecular flexibility index (Phi) is 5.84. The number of nitrogens with zero attached hydrogens (tertiary/aromatic N) is 2. The van der Waals surface area contributed by atoms with E-state index in [0.717, 1.165) is 21.8 Å². The molecule has 2 heterocycles. The minimum atomic E-state index is -0.320. The van der Waals surface area contributed by atoms with Crippen LogP contribution in [0, 0.1) is 0 Å². The molecule has 0 aliphatic carbocycles. The highest BCUT2D eigenvalue weighted by atomic mass is 32.1. The van der Waals surface area contributed by atoms with Crippen LogP contribution in [0.2, 0.25) is 0 Å². The minimum Gasteiger partial charge on any atom is -0.497 e. The lowest BCUT2D eigenvalue weighted by Crippen LogP contribution is -2.34. The van der Waals surface area contributed by atoms with E-state index in [-0.39, 0.29) is 23.1 Å². The fraction of sp³-hybridized carbons (Fsp3) is 0.304. The highest BCUT2D eigenvalue weighted by molar-refractivity contribution is 7.10. The predicted molar refractivity (Wildman–Crippen MR) is 122 cm³/mol. The molecule has 0 bridgehead atoms. The molecule has 0 unspecified atom stereocenters. The number of fused-ring (bicyclic) bond motifs is 1. The maximum atomic E-state index is 13.4. The highest BCUT2D eigenvalue weighted by Crippen LogP contribution is 2.48. The standard InChI is InChI=1S/C23H24N2O6S/c1-24-22-21(32-23(24)27)16(13-10-17(29-3)20(31-5)18(11-13)30-4)12-19(26)25(22)14-6-8-15(28-2)9-7-14/h6-11,16H,12H2,1-5H3/t16-/m1/s1. The average molecular weight is 457 g/mol. The van der Waals surface area contributed by atoms with Crippen LogP contribution in [0.1, 0.15) is 22.8 Å². The Bertz CT molecular complexity index is 1190. The van der Waals surface area contributed by atoms with E-state index in [4.69, 9.17) is 18.9 Å². The van der Waals surface area contributed by atoms with Gasteiger partial charge in [-0.25, -0.2) is 0 Å². The van der Waals surface area contributed by atoms with Crippen molar-refractivity contribution in [2.75, 3.05) is 33.3 Å². The third kappa shape index (κ3) is 3.48. The van der Waals surface area contributed by atoms with Gasteiger partial charge >= 0.3 is 4.87 Å². The normalized spacial score (nSPS) is 15.3. The van der Waals surface area contributed by atoms with E-state index in [9.17, 15) is 9.59 Å². The molecule has 3 aromatic rings. The lowest BCUT2D eigenvalue weighted by molar-refractivity contribution is -0.118. The van der Waals surface area contributed by atoms with Crippen molar-refractivity contribution in [2.45, 2.75) is 12.3 Å². The fourth-order valence-corrected chi connectivity index (χ4v) is 5.09. The lowest BCUT2D eigenvalue weighted by Gasteiger charge is -2.32. The van der Waals surface area contributed by atoms with E-state index in [2.05, 4.69) is 0 Å². The Hall–Kier alpha value is -3.46. The van der Waals surface area contributed by atoms with Gasteiger partial charge in [-0.2, -0.15) is 0 Å². The molecule has 0 spiro atoms. The van der Waals surface area contributed by atoms with E-state index in [1.54, 1.807) is 45.4 Å². The number of amides is 1. The number of hydrogen-bond acceptors (Lipinski definition) is 7. The molecule has 1 aliphatic heterocycles. The maximum absolute atomic E-state index is 13.4. The third-order valence-electron chi connectivity index (χ3n) is 5.59. The molecule has 8 nitrogen and oxygen atoms in total. The number of aromatic nitrogens is 1. The van der Waals surface area contributed by atoms with Crippen molar-refractivity contribution in [3.05, 3.63) is 56.5 Å². The van der Waals surface area contributed by atoms with E-state index in [0.29, 0.717) is 34.5 Å². The topological polar surface area (TPSA) is 79.2 Å². The molecule has 168 valence electrons. The van der Waals surface area contributed by atoms with Crippen LogP contribution in [0.5, 0.6) is 23.0 Å². The van der Waals surface area contributed by atoms with Crippen molar-refractivity contribution < 1.29 is 23.7 Å². The molecule has 1 atom stereocenters. The number of hydrogen-bond donors (Lipinski definition) is 0. The van der Waals surface area contributed by atoms with Crippen molar-refractivity contribution in [3.63, 3.8) is 0 Å². The van der Waals surface area contributed by atoms with E-state index < -0.39 is 0 Å². The van der Waals surface area contributed by atoms with Crippen LogP contribution in [0.15, 0.2) is 41.2 Å². The van der Waals surface area contributed by atoms with Gasteiger partial charge in [0.2, 0.25) is 11.7 Å². The Balaban J connectivity index is 1.87. The highest BCUT2D eigenvalue weighted by Gasteiger charge is 2.38. The number of methoxy groups -OCH3 is 4. The Morgan fingerprint density at radius 2 is 1.53 bits per heavy atom. The van der Waals surface area contributed by atoms with Crippen molar-refractivity contribution in [2.24, 2.45) is 7.05 Å². The summed E-state index contributed by atoms with van der Waals surface area (Å²) < 4.78 is 23.1. The first-order chi connectivity index (χ1) is 15.4. The quantitative estimate of drug-likeness (QED) is 0.563. The first-order valence-electron chi connectivity index (χ1n) is 9.90. The first kappa shape index (κ1) is 21.8. The van der Waals surface area contributed by atoms with Gasteiger partial charge in [-0.15, -0.1) is 0 Å². The number of ether oxygens (including phenoxy) is 4. The van der Waals surface area contributed by atoms with Crippen LogP contribution >= 0.6 is 11.3 Å². The summed E-state index contributed by atoms with van der Waals surface area (Å²) in [5, 5.41) is 0. The molecule has 0 radical (unpaired) electrons. The van der Waals surface area contributed by atoms with Crippen molar-refractivity contribution in [1.29, 1.82) is 0 Å². The number of carbonyl (C=O) groups excluding carboxylic acids is 1. The summed E-state index contributed by atoms with van der Waals surface area (Å²) >= 11 is 1.14. The van der Waals surface area contributed by atoms with E-state index in [1.807, 2.05) is 24.3 Å². The van der Waals surface area contributed by atoms with Gasteiger partial charge in [0.1, 0.15) is 11.6 Å². The van der Waals surface area contributed by atoms with E-state index >= 15 is 0 Å². The van der Waals surface area contributed by atoms with Crippen LogP contribution in [0.25, 0.3) is 0 Å². The molecule has 1 amide bonds. The van der Waals surface area contributed by atoms with Crippen LogP contribution < -0.4 is 28.7 Å². The molecular formula is C23H24N2O6S. The maximum Gasteiger partial charge on any atom is 0.308 e. The first-order valence-corrected chi connectivity index (χ1v) is 10.7. The molecule has 0 N–H and O–H groups in total. The van der Waals surface area contributed by atoms with Gasteiger partial charge in [0, 0.05) is 19.4 Å². The van der Waals surface area contributed by atoms with Gasteiger partial charge in [0.15, 0.2) is 11.5 Å². The number of anilines is 2. The summed E-state index contributed by atoms with van der Waals surface area (Å²) in [6, 6.07) is 10.9. The van der Waals surface area contributed by atoms with Crippen LogP contribution in [0.4, 0.5) is 11.5 Å². The lowest BCUT2D eigenvalue weighted by atomic mass is 9.90. The number of rotatable bonds is 6. The molecule has 4 rings (SSSR count). The SMILES string of the molecule is COc1ccc(N2C(=O)C[C@H](c3cc(OC)c(OC)c(OC)c3)c3sc(=O)n(C)c32)cc1. The van der Waals surface area contributed by atoms with Crippen molar-refractivity contribution in [1.82, 2.24) is 4.57 Å². The number of thiazole rings is 1. The third-order valence-corrected chi connectivity index (χ3v) is 6.72. The smallest absolute Gasteiger partial charge is 0.308 e. The number of carbonyl (C=O) groups is 1. The monoisotopic (exact) mass is 456 g/mol. The van der Waals surface area contributed by atoms with Gasteiger partial charge in [0.05, 0.1) is 39.0 Å². The zero-order valence-corrected chi connectivity index (χ0v) is 19.3. The molecule has 32 heavy (non-hydrogen) atoms. The number of benzene rings is 2. The Morgan fingerprint density at radius 1 is 0.906 bits per heavy atom. The largest absolute Gasteiger partial charge is 0.497 e. The molecule has 9 heteroatoms. The van der Waals surface area contributed by atoms with Crippen molar-refractivity contribution in [3.8, 4) is 23.0 Å². The van der Waals surface area contributed by atoms with Crippen LogP contribution in [0.3, 0.4) is 0 Å². The van der Waals surface area contributed by atoms with Crippen LogP contribution in [-0.2, 0) is 11.8 Å². The van der Waals surface area contributed by atoms with E-state index in [1.165, 1.54) is 11.7 Å². The molecule has 2 aromatic carbocycles. The molecule has 0 saturated heterocycles. The fourth-order valence-electron chi connectivity index (χ4n) is 3.99. The van der Waals surface area contributed by atoms with Gasteiger partial charge in [-0.05, 0) is 42.0 Å². The molecule has 0 fully saturated rings. The average Bonchev–Trinajstić information content (AvgIpc) is 3.11. The van der Waals surface area contributed by atoms with Gasteiger partial charge in [-0.3, -0.25) is 19.1 Å².